The normalized spacial score (nSPS) is 10.3. The van der Waals surface area contributed by atoms with Crippen LogP contribution in [0.3, 0.4) is 0 Å². The highest BCUT2D eigenvalue weighted by atomic mass is 16.5. The SMILES string of the molecule is COc1ccc(CCNc2cc(Nc3ccccc3)nc(C)n2)cc1. The Morgan fingerprint density at radius 1 is 0.920 bits per heavy atom. The smallest absolute Gasteiger partial charge is 0.136 e. The summed E-state index contributed by atoms with van der Waals surface area (Å²) in [6.45, 7) is 2.69. The van der Waals surface area contributed by atoms with Gasteiger partial charge >= 0.3 is 0 Å². The molecule has 3 rings (SSSR count). The lowest BCUT2D eigenvalue weighted by molar-refractivity contribution is 0.414. The highest BCUT2D eigenvalue weighted by Gasteiger charge is 2.03. The van der Waals surface area contributed by atoms with Crippen molar-refractivity contribution >= 4 is 17.3 Å². The molecule has 0 saturated heterocycles. The second-order valence-corrected chi connectivity index (χ2v) is 5.70. The molecule has 0 aliphatic rings. The van der Waals surface area contributed by atoms with Crippen molar-refractivity contribution in [2.24, 2.45) is 0 Å². The minimum atomic E-state index is 0.730. The Morgan fingerprint density at radius 3 is 2.36 bits per heavy atom. The molecule has 0 saturated carbocycles. The van der Waals surface area contributed by atoms with E-state index in [1.807, 2.05) is 55.5 Å². The van der Waals surface area contributed by atoms with Crippen LogP contribution in [0.25, 0.3) is 0 Å². The van der Waals surface area contributed by atoms with Gasteiger partial charge in [0.15, 0.2) is 0 Å². The maximum atomic E-state index is 5.18. The van der Waals surface area contributed by atoms with Gasteiger partial charge in [0.05, 0.1) is 7.11 Å². The van der Waals surface area contributed by atoms with E-state index in [1.165, 1.54) is 5.56 Å². The highest BCUT2D eigenvalue weighted by molar-refractivity contribution is 5.59. The van der Waals surface area contributed by atoms with Crippen LogP contribution in [0.2, 0.25) is 0 Å². The quantitative estimate of drug-likeness (QED) is 0.678. The fourth-order valence-electron chi connectivity index (χ4n) is 2.52. The van der Waals surface area contributed by atoms with E-state index in [4.69, 9.17) is 4.74 Å². The van der Waals surface area contributed by atoms with Gasteiger partial charge in [-0.2, -0.15) is 0 Å². The van der Waals surface area contributed by atoms with Gasteiger partial charge in [-0.3, -0.25) is 0 Å². The molecule has 0 bridgehead atoms. The van der Waals surface area contributed by atoms with Gasteiger partial charge < -0.3 is 15.4 Å². The number of aryl methyl sites for hydroxylation is 1. The zero-order valence-electron chi connectivity index (χ0n) is 14.5. The number of nitrogens with one attached hydrogen (secondary N) is 2. The van der Waals surface area contributed by atoms with Crippen molar-refractivity contribution in [1.29, 1.82) is 0 Å². The summed E-state index contributed by atoms with van der Waals surface area (Å²) in [6, 6.07) is 20.0. The van der Waals surface area contributed by atoms with Gasteiger partial charge in [-0.25, -0.2) is 9.97 Å². The molecule has 0 amide bonds. The zero-order valence-corrected chi connectivity index (χ0v) is 14.5. The van der Waals surface area contributed by atoms with E-state index < -0.39 is 0 Å². The van der Waals surface area contributed by atoms with Gasteiger partial charge in [-0.05, 0) is 43.2 Å². The minimum absolute atomic E-state index is 0.730. The van der Waals surface area contributed by atoms with E-state index in [9.17, 15) is 0 Å². The molecule has 1 aromatic heterocycles. The van der Waals surface area contributed by atoms with Crippen molar-refractivity contribution in [3.63, 3.8) is 0 Å². The largest absolute Gasteiger partial charge is 0.497 e. The van der Waals surface area contributed by atoms with Crippen molar-refractivity contribution in [3.05, 3.63) is 72.1 Å². The molecule has 1 heterocycles. The third-order valence-electron chi connectivity index (χ3n) is 3.76. The molecule has 0 aliphatic heterocycles. The second kappa shape index (κ2) is 8.15. The minimum Gasteiger partial charge on any atom is -0.497 e. The average Bonchev–Trinajstić information content (AvgIpc) is 2.63. The van der Waals surface area contributed by atoms with E-state index in [0.717, 1.165) is 41.9 Å². The van der Waals surface area contributed by atoms with E-state index in [2.05, 4.69) is 32.7 Å². The molecule has 5 nitrogen and oxygen atoms in total. The second-order valence-electron chi connectivity index (χ2n) is 5.70. The van der Waals surface area contributed by atoms with Gasteiger partial charge in [0.2, 0.25) is 0 Å². The maximum Gasteiger partial charge on any atom is 0.136 e. The predicted octanol–water partition coefficient (Wildman–Crippen LogP) is 4.19. The van der Waals surface area contributed by atoms with Crippen LogP contribution in [-0.2, 0) is 6.42 Å². The van der Waals surface area contributed by atoms with Crippen LogP contribution in [0.5, 0.6) is 5.75 Å². The number of nitrogens with zero attached hydrogens (tertiary/aromatic N) is 2. The van der Waals surface area contributed by atoms with E-state index in [1.54, 1.807) is 7.11 Å². The van der Waals surface area contributed by atoms with Crippen molar-refractivity contribution in [2.75, 3.05) is 24.3 Å². The Labute approximate surface area is 148 Å². The fourth-order valence-corrected chi connectivity index (χ4v) is 2.52. The number of para-hydroxylation sites is 1. The van der Waals surface area contributed by atoms with Crippen LogP contribution in [0.4, 0.5) is 17.3 Å². The van der Waals surface area contributed by atoms with Crippen LogP contribution in [0.1, 0.15) is 11.4 Å². The summed E-state index contributed by atoms with van der Waals surface area (Å²) in [5.41, 5.74) is 2.26. The third kappa shape index (κ3) is 4.94. The summed E-state index contributed by atoms with van der Waals surface area (Å²) in [6.07, 6.45) is 0.911. The van der Waals surface area contributed by atoms with Gasteiger partial charge in [0.25, 0.3) is 0 Å². The Hall–Kier alpha value is -3.08. The summed E-state index contributed by atoms with van der Waals surface area (Å²) < 4.78 is 5.18. The van der Waals surface area contributed by atoms with Crippen LogP contribution in [-0.4, -0.2) is 23.6 Å². The summed E-state index contributed by atoms with van der Waals surface area (Å²) in [5, 5.41) is 6.67. The molecule has 0 aliphatic carbocycles. The maximum absolute atomic E-state index is 5.18. The lowest BCUT2D eigenvalue weighted by Gasteiger charge is -2.10. The molecule has 0 radical (unpaired) electrons. The molecule has 0 unspecified atom stereocenters. The predicted molar refractivity (Wildman–Crippen MR) is 102 cm³/mol. The summed E-state index contributed by atoms with van der Waals surface area (Å²) >= 11 is 0. The van der Waals surface area contributed by atoms with Gasteiger partial charge in [-0.1, -0.05) is 30.3 Å². The Balaban J connectivity index is 1.60. The van der Waals surface area contributed by atoms with Crippen LogP contribution >= 0.6 is 0 Å². The average molecular weight is 334 g/mol. The number of methoxy groups -OCH3 is 1. The van der Waals surface area contributed by atoms with Crippen molar-refractivity contribution in [3.8, 4) is 5.75 Å². The number of hydrogen-bond acceptors (Lipinski definition) is 5. The molecule has 0 spiro atoms. The number of ether oxygens (including phenoxy) is 1. The highest BCUT2D eigenvalue weighted by Crippen LogP contribution is 2.17. The molecular formula is C20H22N4O. The van der Waals surface area contributed by atoms with E-state index in [0.29, 0.717) is 0 Å². The molecule has 2 aromatic carbocycles. The molecule has 0 fully saturated rings. The molecule has 25 heavy (non-hydrogen) atoms. The number of rotatable bonds is 7. The summed E-state index contributed by atoms with van der Waals surface area (Å²) in [7, 11) is 1.68. The first-order valence-corrected chi connectivity index (χ1v) is 8.27. The molecule has 128 valence electrons. The number of benzene rings is 2. The molecular weight excluding hydrogens is 312 g/mol. The van der Waals surface area contributed by atoms with Crippen molar-refractivity contribution in [2.45, 2.75) is 13.3 Å². The lowest BCUT2D eigenvalue weighted by Crippen LogP contribution is -2.08. The fraction of sp³-hybridized carbons (Fsp3) is 0.200. The first-order valence-electron chi connectivity index (χ1n) is 8.27. The number of anilines is 3. The molecule has 0 atom stereocenters. The Morgan fingerprint density at radius 2 is 1.64 bits per heavy atom. The summed E-state index contributed by atoms with van der Waals surface area (Å²) in [5.74, 6) is 3.21. The van der Waals surface area contributed by atoms with Crippen LogP contribution in [0.15, 0.2) is 60.7 Å². The summed E-state index contributed by atoms with van der Waals surface area (Å²) in [4.78, 5) is 8.89. The molecule has 2 N–H and O–H groups in total. The first-order chi connectivity index (χ1) is 12.2. The lowest BCUT2D eigenvalue weighted by atomic mass is 10.1. The topological polar surface area (TPSA) is 59.1 Å². The Kier molecular flexibility index (Phi) is 5.46. The van der Waals surface area contributed by atoms with Crippen LogP contribution in [0, 0.1) is 6.92 Å². The van der Waals surface area contributed by atoms with Gasteiger partial charge in [-0.15, -0.1) is 0 Å². The van der Waals surface area contributed by atoms with Crippen molar-refractivity contribution < 1.29 is 4.74 Å². The van der Waals surface area contributed by atoms with Crippen LogP contribution < -0.4 is 15.4 Å². The van der Waals surface area contributed by atoms with E-state index in [-0.39, 0.29) is 0 Å². The molecule has 3 aromatic rings. The van der Waals surface area contributed by atoms with Gasteiger partial charge in [0.1, 0.15) is 23.2 Å². The van der Waals surface area contributed by atoms with E-state index >= 15 is 0 Å². The standard InChI is InChI=1S/C20H22N4O/c1-15-22-19(14-20(23-15)24-17-6-4-3-5-7-17)21-13-12-16-8-10-18(25-2)11-9-16/h3-11,14H,12-13H2,1-2H3,(H2,21,22,23,24). The Bertz CT molecular complexity index is 804. The van der Waals surface area contributed by atoms with Crippen molar-refractivity contribution in [1.82, 2.24) is 9.97 Å². The number of aromatic nitrogens is 2. The first kappa shape index (κ1) is 16.8. The third-order valence-corrected chi connectivity index (χ3v) is 3.76. The zero-order chi connectivity index (χ0) is 17.5. The van der Waals surface area contributed by atoms with Gasteiger partial charge in [0, 0.05) is 18.3 Å². The number of hydrogen-bond donors (Lipinski definition) is 2. The molecule has 5 heteroatoms. The monoisotopic (exact) mass is 334 g/mol.